The molecule has 0 aromatic carbocycles. The van der Waals surface area contributed by atoms with Crippen molar-refractivity contribution in [1.82, 2.24) is 0 Å². The molecule has 0 aliphatic rings. The third kappa shape index (κ3) is 11.4. The van der Waals surface area contributed by atoms with Crippen LogP contribution in [0.1, 0.15) is 45.4 Å². The Kier molecular flexibility index (Phi) is 16.1. The van der Waals surface area contributed by atoms with Crippen molar-refractivity contribution in [3.63, 3.8) is 0 Å². The van der Waals surface area contributed by atoms with Crippen LogP contribution in [0.4, 0.5) is 0 Å². The Hall–Kier alpha value is 0.557. The molecule has 10 heavy (non-hydrogen) atoms. The molecule has 0 heterocycles. The zero-order valence-electron chi connectivity index (χ0n) is 7.45. The molecule has 0 amide bonds. The third-order valence-corrected chi connectivity index (χ3v) is 1.53. The summed E-state index contributed by atoms with van der Waals surface area (Å²) in [5.41, 5.74) is 6.88. The van der Waals surface area contributed by atoms with Crippen molar-refractivity contribution in [2.45, 2.75) is 45.4 Å². The van der Waals surface area contributed by atoms with E-state index in [0.29, 0.717) is 6.54 Å². The summed E-state index contributed by atoms with van der Waals surface area (Å²) in [6, 6.07) is 0. The largest absolute Gasteiger partial charge is 1.00 e. The van der Waals surface area contributed by atoms with E-state index in [4.69, 9.17) is 5.73 Å². The van der Waals surface area contributed by atoms with Gasteiger partial charge in [0.15, 0.2) is 0 Å². The molecule has 0 atom stereocenters. The molecule has 0 unspecified atom stereocenters. The first kappa shape index (κ1) is 13.2. The zero-order valence-corrected chi connectivity index (χ0v) is 7.45. The molecule has 0 spiro atoms. The second kappa shape index (κ2) is 12.3. The summed E-state index contributed by atoms with van der Waals surface area (Å²) < 4.78 is 0. The van der Waals surface area contributed by atoms with Crippen molar-refractivity contribution in [2.75, 3.05) is 6.54 Å². The number of rotatable bonds is 6. The van der Waals surface area contributed by atoms with Gasteiger partial charge >= 0.3 is 18.9 Å². The maximum atomic E-state index is 6.88. The van der Waals surface area contributed by atoms with Gasteiger partial charge in [0, 0.05) is 0 Å². The van der Waals surface area contributed by atoms with E-state index >= 15 is 0 Å². The van der Waals surface area contributed by atoms with E-state index < -0.39 is 0 Å². The molecular weight excluding hydrogens is 117 g/mol. The molecule has 0 radical (unpaired) electrons. The van der Waals surface area contributed by atoms with Gasteiger partial charge in [-0.3, -0.25) is 0 Å². The van der Waals surface area contributed by atoms with Crippen LogP contribution in [-0.4, -0.2) is 6.54 Å². The van der Waals surface area contributed by atoms with Crippen LogP contribution in [0.3, 0.4) is 0 Å². The minimum Gasteiger partial charge on any atom is -0.677 e. The number of nitrogens with one attached hydrogen (secondary N) is 1. The van der Waals surface area contributed by atoms with Crippen LogP contribution in [0.15, 0.2) is 0 Å². The fraction of sp³-hybridized carbons (Fsp3) is 1.00. The van der Waals surface area contributed by atoms with Crippen LogP contribution in [0.2, 0.25) is 0 Å². The smallest absolute Gasteiger partial charge is 0.677 e. The fourth-order valence-corrected chi connectivity index (χ4v) is 0.905. The molecule has 1 N–H and O–H groups in total. The van der Waals surface area contributed by atoms with Crippen molar-refractivity contribution in [3.8, 4) is 0 Å². The molecule has 0 fully saturated rings. The molecule has 1 nitrogen and oxygen atoms in total. The maximum Gasteiger partial charge on any atom is 1.00 e. The van der Waals surface area contributed by atoms with Gasteiger partial charge in [0.2, 0.25) is 0 Å². The van der Waals surface area contributed by atoms with Crippen LogP contribution in [0, 0.1) is 0 Å². The van der Waals surface area contributed by atoms with Gasteiger partial charge in [0.05, 0.1) is 0 Å². The predicted molar refractivity (Wildman–Crippen MR) is 42.6 cm³/mol. The SMILES string of the molecule is CCCCCCCC[NH-].[Li+]. The summed E-state index contributed by atoms with van der Waals surface area (Å²) in [4.78, 5) is 0. The Balaban J connectivity index is 0. The first-order valence-corrected chi connectivity index (χ1v) is 4.06. The summed E-state index contributed by atoms with van der Waals surface area (Å²) >= 11 is 0. The maximum absolute atomic E-state index is 6.88. The molecule has 2 heteroatoms. The van der Waals surface area contributed by atoms with Crippen LogP contribution in [0.5, 0.6) is 0 Å². The van der Waals surface area contributed by atoms with Gasteiger partial charge in [0.25, 0.3) is 0 Å². The van der Waals surface area contributed by atoms with Crippen molar-refractivity contribution in [1.29, 1.82) is 0 Å². The van der Waals surface area contributed by atoms with Gasteiger partial charge in [-0.2, -0.15) is 6.54 Å². The number of unbranched alkanes of at least 4 members (excludes halogenated alkanes) is 5. The minimum absolute atomic E-state index is 0. The quantitative estimate of drug-likeness (QED) is 0.372. The van der Waals surface area contributed by atoms with E-state index in [9.17, 15) is 0 Å². The summed E-state index contributed by atoms with van der Waals surface area (Å²) in [7, 11) is 0. The van der Waals surface area contributed by atoms with E-state index in [2.05, 4.69) is 6.92 Å². The summed E-state index contributed by atoms with van der Waals surface area (Å²) in [6.07, 6.45) is 7.77. The Labute approximate surface area is 76.9 Å². The van der Waals surface area contributed by atoms with E-state index in [0.717, 1.165) is 6.42 Å². The standard InChI is InChI=1S/C8H18N.Li/c1-2-3-4-5-6-7-8-9;/h9H,2-8H2,1H3;/q-1;+1. The van der Waals surface area contributed by atoms with Crippen molar-refractivity contribution in [3.05, 3.63) is 5.73 Å². The van der Waals surface area contributed by atoms with Gasteiger partial charge in [-0.05, 0) is 0 Å². The average Bonchev–Trinajstić information content (AvgIpc) is 1.89. The summed E-state index contributed by atoms with van der Waals surface area (Å²) in [5, 5.41) is 0. The van der Waals surface area contributed by atoms with E-state index in [1.165, 1.54) is 32.1 Å². The summed E-state index contributed by atoms with van der Waals surface area (Å²) in [5.74, 6) is 0. The van der Waals surface area contributed by atoms with E-state index in [-0.39, 0.29) is 18.9 Å². The molecule has 0 aliphatic heterocycles. The van der Waals surface area contributed by atoms with Crippen molar-refractivity contribution in [2.24, 2.45) is 0 Å². The molecule has 0 saturated carbocycles. The average molecular weight is 135 g/mol. The molecule has 0 bridgehead atoms. The zero-order chi connectivity index (χ0) is 6.95. The molecule has 0 saturated heterocycles. The van der Waals surface area contributed by atoms with E-state index in [1.807, 2.05) is 0 Å². The Morgan fingerprint density at radius 1 is 0.900 bits per heavy atom. The first-order valence-electron chi connectivity index (χ1n) is 4.06. The number of hydrogen-bond donors (Lipinski definition) is 0. The van der Waals surface area contributed by atoms with Gasteiger partial charge in [-0.1, -0.05) is 45.4 Å². The number of hydrogen-bond acceptors (Lipinski definition) is 0. The molecule has 0 rings (SSSR count). The van der Waals surface area contributed by atoms with Crippen LogP contribution < -0.4 is 18.9 Å². The second-order valence-electron chi connectivity index (χ2n) is 2.52. The van der Waals surface area contributed by atoms with Gasteiger partial charge < -0.3 is 5.73 Å². The van der Waals surface area contributed by atoms with Crippen LogP contribution in [-0.2, 0) is 0 Å². The van der Waals surface area contributed by atoms with E-state index in [1.54, 1.807) is 0 Å². The Bertz CT molecular complexity index is 42.5. The van der Waals surface area contributed by atoms with Gasteiger partial charge in [-0.15, -0.1) is 0 Å². The molecular formula is C8H18LiN. The normalized spacial score (nSPS) is 9.00. The predicted octanol–water partition coefficient (Wildman–Crippen LogP) is 0.403. The molecule has 56 valence electrons. The van der Waals surface area contributed by atoms with Gasteiger partial charge in [0.1, 0.15) is 0 Å². The topological polar surface area (TPSA) is 23.8 Å². The van der Waals surface area contributed by atoms with Gasteiger partial charge in [-0.25, -0.2) is 0 Å². The van der Waals surface area contributed by atoms with Crippen molar-refractivity contribution >= 4 is 0 Å². The molecule has 0 aromatic rings. The third-order valence-electron chi connectivity index (χ3n) is 1.53. The van der Waals surface area contributed by atoms with Crippen LogP contribution in [0.25, 0.3) is 5.73 Å². The molecule has 0 aliphatic carbocycles. The molecule has 0 aromatic heterocycles. The minimum atomic E-state index is 0. The fourth-order valence-electron chi connectivity index (χ4n) is 0.905. The second-order valence-corrected chi connectivity index (χ2v) is 2.52. The van der Waals surface area contributed by atoms with Crippen LogP contribution >= 0.6 is 0 Å². The van der Waals surface area contributed by atoms with Crippen molar-refractivity contribution < 1.29 is 18.9 Å². The Morgan fingerprint density at radius 3 is 1.90 bits per heavy atom. The Morgan fingerprint density at radius 2 is 1.40 bits per heavy atom. The summed E-state index contributed by atoms with van der Waals surface area (Å²) in [6.45, 7) is 2.84. The first-order chi connectivity index (χ1) is 4.41. The monoisotopic (exact) mass is 135 g/mol.